The summed E-state index contributed by atoms with van der Waals surface area (Å²) >= 11 is 0. The maximum absolute atomic E-state index is 12.5. The molecule has 0 fully saturated rings. The lowest BCUT2D eigenvalue weighted by Gasteiger charge is -2.21. The maximum Gasteiger partial charge on any atom is 0.407 e. The van der Waals surface area contributed by atoms with Gasteiger partial charge in [0, 0.05) is 18.9 Å². The quantitative estimate of drug-likeness (QED) is 0.470. The molecular formula is C27H38N6O4. The van der Waals surface area contributed by atoms with Gasteiger partial charge >= 0.3 is 6.09 Å². The van der Waals surface area contributed by atoms with Crippen LogP contribution in [0.15, 0.2) is 36.7 Å². The zero-order valence-corrected chi connectivity index (χ0v) is 22.3. The van der Waals surface area contributed by atoms with Gasteiger partial charge in [0.1, 0.15) is 18.2 Å². The van der Waals surface area contributed by atoms with Crippen LogP contribution in [0, 0.1) is 0 Å². The van der Waals surface area contributed by atoms with Gasteiger partial charge in [-0.15, -0.1) is 0 Å². The molecule has 0 saturated heterocycles. The zero-order valence-electron chi connectivity index (χ0n) is 22.3. The van der Waals surface area contributed by atoms with E-state index in [1.165, 1.54) is 18.4 Å². The lowest BCUT2D eigenvalue weighted by atomic mass is 10.1. The molecule has 2 aromatic rings. The van der Waals surface area contributed by atoms with Crippen LogP contribution in [0.3, 0.4) is 0 Å². The molecule has 200 valence electrons. The first-order valence-corrected chi connectivity index (χ1v) is 12.1. The smallest absolute Gasteiger partial charge is 0.407 e. The van der Waals surface area contributed by atoms with Gasteiger partial charge in [-0.25, -0.2) is 14.8 Å². The number of carbonyl (C=O) groups excluding carboxylic acids is 3. The summed E-state index contributed by atoms with van der Waals surface area (Å²) in [6, 6.07) is 5.26. The summed E-state index contributed by atoms with van der Waals surface area (Å²) in [7, 11) is 1.21. The number of hydrogen-bond donors (Lipinski definition) is 3. The van der Waals surface area contributed by atoms with Gasteiger partial charge in [0.05, 0.1) is 13.7 Å². The molecular weight excluding hydrogens is 472 g/mol. The average Bonchev–Trinajstić information content (AvgIpc) is 2.88. The van der Waals surface area contributed by atoms with Crippen LogP contribution in [0.25, 0.3) is 18.2 Å². The Morgan fingerprint density at radius 1 is 1.16 bits per heavy atom. The van der Waals surface area contributed by atoms with E-state index in [0.717, 1.165) is 21.6 Å². The molecule has 10 heteroatoms. The van der Waals surface area contributed by atoms with Gasteiger partial charge in [-0.3, -0.25) is 9.59 Å². The number of nitrogens with zero attached hydrogens (tertiary/aromatic N) is 3. The fourth-order valence-electron chi connectivity index (χ4n) is 3.04. The standard InChI is InChI=1S/C24H30N6O4.C3H8/c1-5-9-30(23(32)14-28-24(33)34-4)15-22(31)29-21-8-7-18(13-27-21)17(6-2)10-19-11-20(25)26-12-16(19)3;1-3-2/h6-8,10-13H,3,5,9,14-15,25H2,1-2,4H3,(H,28,33)(H,27,29,31);3H2,1-2H3/b17-6+,19-10-;. The third-order valence-electron chi connectivity index (χ3n) is 4.78. The van der Waals surface area contributed by atoms with Crippen molar-refractivity contribution >= 4 is 47.8 Å². The molecule has 3 amide bonds. The van der Waals surface area contributed by atoms with Gasteiger partial charge in [0.25, 0.3) is 0 Å². The van der Waals surface area contributed by atoms with Crippen molar-refractivity contribution in [2.45, 2.75) is 40.5 Å². The average molecular weight is 511 g/mol. The summed E-state index contributed by atoms with van der Waals surface area (Å²) in [5.41, 5.74) is 7.52. The van der Waals surface area contributed by atoms with E-state index in [9.17, 15) is 14.4 Å². The van der Waals surface area contributed by atoms with E-state index < -0.39 is 12.0 Å². The molecule has 0 aliphatic rings. The number of amides is 3. The van der Waals surface area contributed by atoms with Crippen molar-refractivity contribution in [3.05, 3.63) is 52.7 Å². The number of carbonyl (C=O) groups is 3. The van der Waals surface area contributed by atoms with Crippen molar-refractivity contribution in [1.29, 1.82) is 0 Å². The van der Waals surface area contributed by atoms with E-state index in [-0.39, 0.29) is 19.0 Å². The van der Waals surface area contributed by atoms with E-state index in [1.807, 2.05) is 32.1 Å². The molecule has 10 nitrogen and oxygen atoms in total. The number of ether oxygens (including phenoxy) is 1. The number of aromatic nitrogens is 2. The van der Waals surface area contributed by atoms with Crippen LogP contribution in [0.5, 0.6) is 0 Å². The lowest BCUT2D eigenvalue weighted by molar-refractivity contribution is -0.133. The van der Waals surface area contributed by atoms with Crippen molar-refractivity contribution in [2.75, 3.05) is 37.8 Å². The Bertz CT molecular complexity index is 1180. The second-order valence-corrected chi connectivity index (χ2v) is 8.04. The van der Waals surface area contributed by atoms with Crippen LogP contribution in [0.2, 0.25) is 0 Å². The minimum atomic E-state index is -0.713. The minimum Gasteiger partial charge on any atom is -0.453 e. The molecule has 0 bridgehead atoms. The SMILES string of the molecule is C=c1cnc(N)c/c1=C/C(=C\C)c1ccc(NC(=O)CN(CCC)C(=O)CNC(=O)OC)nc1.CCC. The van der Waals surface area contributed by atoms with Crippen LogP contribution >= 0.6 is 0 Å². The van der Waals surface area contributed by atoms with Crippen LogP contribution in [-0.4, -0.2) is 59.5 Å². The van der Waals surface area contributed by atoms with Crippen LogP contribution in [0.4, 0.5) is 16.4 Å². The summed E-state index contributed by atoms with van der Waals surface area (Å²) in [4.78, 5) is 45.7. The Morgan fingerprint density at radius 2 is 1.86 bits per heavy atom. The van der Waals surface area contributed by atoms with Crippen molar-refractivity contribution in [1.82, 2.24) is 20.2 Å². The zero-order chi connectivity index (χ0) is 27.8. The van der Waals surface area contributed by atoms with Gasteiger partial charge in [-0.1, -0.05) is 39.8 Å². The summed E-state index contributed by atoms with van der Waals surface area (Å²) < 4.78 is 4.45. The fourth-order valence-corrected chi connectivity index (χ4v) is 3.04. The molecule has 0 saturated carbocycles. The Balaban J connectivity index is 0.00000217. The predicted octanol–water partition coefficient (Wildman–Crippen LogP) is 2.30. The number of pyridine rings is 2. The molecule has 0 aromatic carbocycles. The van der Waals surface area contributed by atoms with Crippen LogP contribution in [-0.2, 0) is 14.3 Å². The highest BCUT2D eigenvalue weighted by atomic mass is 16.5. The molecule has 2 aromatic heterocycles. The third-order valence-corrected chi connectivity index (χ3v) is 4.78. The number of anilines is 2. The summed E-state index contributed by atoms with van der Waals surface area (Å²) in [5.74, 6) is -0.0267. The van der Waals surface area contributed by atoms with Gasteiger partial charge in [0.15, 0.2) is 0 Å². The van der Waals surface area contributed by atoms with Gasteiger partial charge in [-0.2, -0.15) is 0 Å². The molecule has 37 heavy (non-hydrogen) atoms. The van der Waals surface area contributed by atoms with Crippen LogP contribution < -0.4 is 26.8 Å². The lowest BCUT2D eigenvalue weighted by Crippen LogP contribution is -2.44. The Kier molecular flexibility index (Phi) is 13.7. The highest BCUT2D eigenvalue weighted by molar-refractivity contribution is 5.95. The summed E-state index contributed by atoms with van der Waals surface area (Å²) in [6.45, 7) is 12.0. The Morgan fingerprint density at radius 3 is 2.43 bits per heavy atom. The number of alkyl carbamates (subject to hydrolysis) is 1. The molecule has 0 atom stereocenters. The normalized spacial score (nSPS) is 11.2. The minimum absolute atomic E-state index is 0.164. The third kappa shape index (κ3) is 10.9. The predicted molar refractivity (Wildman–Crippen MR) is 148 cm³/mol. The first kappa shape index (κ1) is 30.8. The molecule has 0 spiro atoms. The first-order valence-electron chi connectivity index (χ1n) is 12.1. The number of hydrogen-bond acceptors (Lipinski definition) is 7. The number of nitrogens with two attached hydrogens (primary N) is 1. The molecule has 0 aliphatic carbocycles. The number of methoxy groups -OCH3 is 1. The first-order chi connectivity index (χ1) is 17.7. The van der Waals surface area contributed by atoms with Crippen molar-refractivity contribution in [2.24, 2.45) is 0 Å². The van der Waals surface area contributed by atoms with E-state index >= 15 is 0 Å². The van der Waals surface area contributed by atoms with E-state index in [0.29, 0.717) is 24.6 Å². The van der Waals surface area contributed by atoms with Crippen LogP contribution in [0.1, 0.15) is 46.1 Å². The van der Waals surface area contributed by atoms with Crippen molar-refractivity contribution < 1.29 is 19.1 Å². The molecule has 0 unspecified atom stereocenters. The van der Waals surface area contributed by atoms with Crippen molar-refractivity contribution in [3.8, 4) is 0 Å². The second-order valence-electron chi connectivity index (χ2n) is 8.04. The molecule has 4 N–H and O–H groups in total. The second kappa shape index (κ2) is 16.5. The largest absolute Gasteiger partial charge is 0.453 e. The summed E-state index contributed by atoms with van der Waals surface area (Å²) in [5, 5.41) is 6.61. The van der Waals surface area contributed by atoms with Crippen molar-refractivity contribution in [3.63, 3.8) is 0 Å². The van der Waals surface area contributed by atoms with Gasteiger partial charge in [0.2, 0.25) is 11.8 Å². The number of nitrogens with one attached hydrogen (secondary N) is 2. The number of rotatable bonds is 9. The topological polar surface area (TPSA) is 140 Å². The monoisotopic (exact) mass is 510 g/mol. The van der Waals surface area contributed by atoms with E-state index in [2.05, 4.69) is 45.8 Å². The summed E-state index contributed by atoms with van der Waals surface area (Å²) in [6.07, 6.45) is 8.32. The highest BCUT2D eigenvalue weighted by Gasteiger charge is 2.17. The fraction of sp³-hybridized carbons (Fsp3) is 0.370. The van der Waals surface area contributed by atoms with E-state index in [1.54, 1.807) is 24.5 Å². The van der Waals surface area contributed by atoms with Gasteiger partial charge in [-0.05, 0) is 59.2 Å². The maximum atomic E-state index is 12.5. The molecule has 0 radical (unpaired) electrons. The number of nitrogen functional groups attached to an aromatic ring is 1. The molecule has 0 aliphatic heterocycles. The molecule has 2 heterocycles. The highest BCUT2D eigenvalue weighted by Crippen LogP contribution is 2.16. The Labute approximate surface area is 218 Å². The van der Waals surface area contributed by atoms with Gasteiger partial charge < -0.3 is 26.0 Å². The Hall–Kier alpha value is -4.21. The van der Waals surface area contributed by atoms with E-state index in [4.69, 9.17) is 5.73 Å². The molecule has 2 rings (SSSR count). The number of allylic oxidation sites excluding steroid dienone is 2.